The van der Waals surface area contributed by atoms with Gasteiger partial charge in [0.15, 0.2) is 0 Å². The summed E-state index contributed by atoms with van der Waals surface area (Å²) in [5.41, 5.74) is 12.4. The number of para-hydroxylation sites is 2. The van der Waals surface area contributed by atoms with Crippen LogP contribution in [-0.2, 0) is 46.4 Å². The molecule has 3 heterocycles. The number of pyridine rings is 1. The molecule has 250 valence electrons. The first-order valence-electron chi connectivity index (χ1n) is 17.1. The minimum absolute atomic E-state index is 0. The molecular formula is C44H36N3O2Pt-. The van der Waals surface area contributed by atoms with E-state index < -0.39 is 0 Å². The summed E-state index contributed by atoms with van der Waals surface area (Å²) >= 11 is 0. The summed E-state index contributed by atoms with van der Waals surface area (Å²) in [4.78, 5) is 10.1. The first kappa shape index (κ1) is 32.2. The number of rotatable bonds is 5. The number of aromatic hydroxyl groups is 1. The second kappa shape index (κ2) is 12.4. The average molecular weight is 834 g/mol. The Kier molecular flexibility index (Phi) is 8.00. The van der Waals surface area contributed by atoms with Crippen molar-refractivity contribution in [1.29, 1.82) is 0 Å². The molecule has 1 N–H and O–H groups in total. The summed E-state index contributed by atoms with van der Waals surface area (Å²) in [6.07, 6.45) is 6.28. The van der Waals surface area contributed by atoms with Crippen LogP contribution in [0.4, 0.5) is 0 Å². The molecule has 8 aromatic rings. The summed E-state index contributed by atoms with van der Waals surface area (Å²) in [5.74, 6) is 1.01. The standard InChI is InChI=1S/C44H36N3O2.Pt/c1-44(2,30-14-5-4-6-15-30)31-20-21-45-37(26-31)29-23-34-32-16-9-10-19-40(32)49-42(34)35(24-29)33-17-11-18-38-41(33)46-43(47(38)3)36-22-27-12-7-8-13-28(27)25-39(36)48;/h4-6,9-11,14-23,25-26,48H,7-8,12-13H2,1-3H3;/q-1;. The quantitative estimate of drug-likeness (QED) is 0.176. The molecule has 0 saturated carbocycles. The SMILES string of the molecule is Cn1c(-c2cc3c(cc2O)CCCC3)nc2c(-c3[c-]c(-c4cc(C(C)(C)c5ccccc5)ccn4)cc4c3oc3ccccc34)cccc21.[Pt]. The van der Waals surface area contributed by atoms with Gasteiger partial charge < -0.3 is 14.1 Å². The number of aromatic nitrogens is 3. The van der Waals surface area contributed by atoms with Gasteiger partial charge in [0.1, 0.15) is 17.2 Å². The van der Waals surface area contributed by atoms with E-state index in [4.69, 9.17) is 14.4 Å². The van der Waals surface area contributed by atoms with Crippen LogP contribution in [0.3, 0.4) is 0 Å². The fourth-order valence-electron chi connectivity index (χ4n) is 7.69. The van der Waals surface area contributed by atoms with Gasteiger partial charge in [0, 0.05) is 50.8 Å². The number of hydrogen-bond acceptors (Lipinski definition) is 4. The maximum absolute atomic E-state index is 11.2. The second-order valence-electron chi connectivity index (χ2n) is 13.8. The van der Waals surface area contributed by atoms with E-state index >= 15 is 0 Å². The van der Waals surface area contributed by atoms with Crippen LogP contribution in [0.25, 0.3) is 66.7 Å². The zero-order valence-electron chi connectivity index (χ0n) is 28.2. The number of furan rings is 1. The number of fused-ring (bicyclic) bond motifs is 5. The Labute approximate surface area is 305 Å². The summed E-state index contributed by atoms with van der Waals surface area (Å²) in [7, 11) is 2.02. The number of aryl methyl sites for hydroxylation is 3. The molecule has 5 nitrogen and oxygen atoms in total. The van der Waals surface area contributed by atoms with Crippen LogP contribution in [0.2, 0.25) is 0 Å². The van der Waals surface area contributed by atoms with E-state index in [1.54, 1.807) is 0 Å². The van der Waals surface area contributed by atoms with Crippen molar-refractivity contribution in [3.63, 3.8) is 0 Å². The van der Waals surface area contributed by atoms with Crippen molar-refractivity contribution in [2.24, 2.45) is 7.05 Å². The molecule has 9 rings (SSSR count). The van der Waals surface area contributed by atoms with E-state index in [1.807, 2.05) is 37.5 Å². The Morgan fingerprint density at radius 3 is 2.36 bits per heavy atom. The topological polar surface area (TPSA) is 64.1 Å². The van der Waals surface area contributed by atoms with E-state index in [-0.39, 0.29) is 32.2 Å². The molecule has 1 aliphatic rings. The van der Waals surface area contributed by atoms with Crippen LogP contribution in [-0.4, -0.2) is 19.6 Å². The van der Waals surface area contributed by atoms with Gasteiger partial charge in [-0.2, -0.15) is 0 Å². The van der Waals surface area contributed by atoms with Crippen LogP contribution >= 0.6 is 0 Å². The molecule has 6 heteroatoms. The molecule has 5 aromatic carbocycles. The molecule has 1 aliphatic carbocycles. The second-order valence-corrected chi connectivity index (χ2v) is 13.8. The van der Waals surface area contributed by atoms with Crippen molar-refractivity contribution in [3.05, 3.63) is 138 Å². The van der Waals surface area contributed by atoms with Crippen LogP contribution in [0.1, 0.15) is 48.9 Å². The third-order valence-corrected chi connectivity index (χ3v) is 10.5. The van der Waals surface area contributed by atoms with Gasteiger partial charge in [0.05, 0.1) is 22.2 Å². The number of imidazole rings is 1. The first-order valence-corrected chi connectivity index (χ1v) is 17.1. The summed E-state index contributed by atoms with van der Waals surface area (Å²) in [6.45, 7) is 4.51. The van der Waals surface area contributed by atoms with E-state index in [2.05, 4.69) is 103 Å². The van der Waals surface area contributed by atoms with Gasteiger partial charge in [-0.3, -0.25) is 4.98 Å². The predicted octanol–water partition coefficient (Wildman–Crippen LogP) is 10.6. The normalized spacial score (nSPS) is 13.1. The molecular weight excluding hydrogens is 798 g/mol. The third kappa shape index (κ3) is 5.18. The summed E-state index contributed by atoms with van der Waals surface area (Å²) in [5, 5.41) is 13.3. The maximum Gasteiger partial charge on any atom is 0.143 e. The molecule has 0 aliphatic heterocycles. The van der Waals surface area contributed by atoms with Gasteiger partial charge in [-0.05, 0) is 83.7 Å². The molecule has 0 saturated heterocycles. The van der Waals surface area contributed by atoms with Gasteiger partial charge in [-0.1, -0.05) is 97.3 Å². The van der Waals surface area contributed by atoms with Crippen molar-refractivity contribution < 1.29 is 30.6 Å². The van der Waals surface area contributed by atoms with Crippen molar-refractivity contribution in [2.75, 3.05) is 0 Å². The van der Waals surface area contributed by atoms with Gasteiger partial charge in [-0.25, -0.2) is 4.98 Å². The Morgan fingerprint density at radius 2 is 1.54 bits per heavy atom. The number of phenolic OH excluding ortho intramolecular Hbond substituents is 1. The molecule has 0 spiro atoms. The van der Waals surface area contributed by atoms with Crippen LogP contribution in [0, 0.1) is 6.07 Å². The molecule has 0 amide bonds. The average Bonchev–Trinajstić information content (AvgIpc) is 3.69. The number of phenols is 1. The predicted molar refractivity (Wildman–Crippen MR) is 198 cm³/mol. The van der Waals surface area contributed by atoms with E-state index in [0.29, 0.717) is 0 Å². The molecule has 0 radical (unpaired) electrons. The van der Waals surface area contributed by atoms with Gasteiger partial charge >= 0.3 is 0 Å². The van der Waals surface area contributed by atoms with Gasteiger partial charge in [-0.15, -0.1) is 12.1 Å². The van der Waals surface area contributed by atoms with E-state index in [1.165, 1.54) is 28.7 Å². The molecule has 0 atom stereocenters. The minimum atomic E-state index is -0.216. The maximum atomic E-state index is 11.2. The van der Waals surface area contributed by atoms with Gasteiger partial charge in [0.2, 0.25) is 0 Å². The fraction of sp³-hybridized carbons (Fsp3) is 0.182. The van der Waals surface area contributed by atoms with E-state index in [0.717, 1.165) is 86.0 Å². The largest absolute Gasteiger partial charge is 0.507 e. The Bertz CT molecular complexity index is 2560. The Balaban J connectivity index is 0.00000361. The molecule has 0 unspecified atom stereocenters. The summed E-state index contributed by atoms with van der Waals surface area (Å²) in [6, 6.07) is 39.3. The van der Waals surface area contributed by atoms with Crippen molar-refractivity contribution >= 4 is 33.0 Å². The van der Waals surface area contributed by atoms with Crippen LogP contribution < -0.4 is 0 Å². The van der Waals surface area contributed by atoms with Crippen molar-refractivity contribution in [1.82, 2.24) is 14.5 Å². The fourth-order valence-corrected chi connectivity index (χ4v) is 7.69. The van der Waals surface area contributed by atoms with Crippen molar-refractivity contribution in [3.8, 4) is 39.5 Å². The van der Waals surface area contributed by atoms with Crippen LogP contribution in [0.15, 0.2) is 114 Å². The third-order valence-electron chi connectivity index (χ3n) is 10.5. The molecule has 0 bridgehead atoms. The Hall–Kier alpha value is -4.99. The van der Waals surface area contributed by atoms with Crippen LogP contribution in [0.5, 0.6) is 5.75 Å². The zero-order chi connectivity index (χ0) is 33.3. The zero-order valence-corrected chi connectivity index (χ0v) is 30.5. The monoisotopic (exact) mass is 833 g/mol. The Morgan fingerprint density at radius 1 is 0.780 bits per heavy atom. The molecule has 0 fully saturated rings. The molecule has 3 aromatic heterocycles. The first-order chi connectivity index (χ1) is 23.9. The smallest absolute Gasteiger partial charge is 0.143 e. The summed E-state index contributed by atoms with van der Waals surface area (Å²) < 4.78 is 8.67. The number of nitrogens with zero attached hydrogens (tertiary/aromatic N) is 3. The number of benzene rings is 5. The van der Waals surface area contributed by atoms with Crippen molar-refractivity contribution in [2.45, 2.75) is 44.9 Å². The van der Waals surface area contributed by atoms with Gasteiger partial charge in [0.25, 0.3) is 0 Å². The minimum Gasteiger partial charge on any atom is -0.507 e. The van der Waals surface area contributed by atoms with E-state index in [9.17, 15) is 5.11 Å². The molecule has 50 heavy (non-hydrogen) atoms. The number of hydrogen-bond donors (Lipinski definition) is 1.